The Bertz CT molecular complexity index is 1970. The number of nitrogens with zero attached hydrogens (tertiary/aromatic N) is 6. The standard InChI is InChI=1S/C32H32N8O10S4/c1-17-34-31(54-38-17)53-13-19-12-51-27-23(36-25(42)22(37-47-2)20-14-52-30(35-20)33-15-41)26(43)40(27)24(19)29(45)50-16-49-28(44)21-9-6-10-39(21)32(46)48-11-18-7-4-3-5-8-18/h3-5,7-8,14-15,21,23,27H,6,9-13,16H2,1-2H3,(H,36,42)(H,33,35,41)/b37-22-/t21-,23?,27-/m0/s1. The lowest BCUT2D eigenvalue weighted by molar-refractivity contribution is -0.170. The SMILES string of the molecule is CO/N=C(\C(=O)NC1C(=O)N2C(C(=O)OCOC(=O)[C@@H]3CCCN3C(=O)OCc3ccccc3)=C(CSc3nc(C)ns3)CS[C@@H]12)c1csc(NC=O)n1. The number of carbonyl (C=O) groups is 6. The summed E-state index contributed by atoms with van der Waals surface area (Å²) in [5.74, 6) is -1.88. The van der Waals surface area contributed by atoms with Gasteiger partial charge < -0.3 is 29.7 Å². The number of thioether (sulfide) groups is 2. The van der Waals surface area contributed by atoms with E-state index in [0.717, 1.165) is 16.9 Å². The van der Waals surface area contributed by atoms with Gasteiger partial charge in [0, 0.05) is 23.4 Å². The molecule has 0 saturated carbocycles. The maximum atomic E-state index is 13.7. The molecule has 6 rings (SSSR count). The van der Waals surface area contributed by atoms with Crippen molar-refractivity contribution in [2.24, 2.45) is 5.16 Å². The van der Waals surface area contributed by atoms with Gasteiger partial charge >= 0.3 is 18.0 Å². The van der Waals surface area contributed by atoms with Crippen molar-refractivity contribution in [3.05, 3.63) is 64.1 Å². The number of rotatable bonds is 15. The first kappa shape index (κ1) is 38.7. The number of hydrogen-bond donors (Lipinski definition) is 2. The molecule has 54 heavy (non-hydrogen) atoms. The van der Waals surface area contributed by atoms with Crippen LogP contribution in [-0.2, 0) is 49.6 Å². The van der Waals surface area contributed by atoms with Crippen LogP contribution in [-0.4, -0.2) is 116 Å². The van der Waals surface area contributed by atoms with E-state index in [1.807, 2.05) is 30.3 Å². The second-order valence-electron chi connectivity index (χ2n) is 11.5. The van der Waals surface area contributed by atoms with Gasteiger partial charge in [0.2, 0.25) is 13.2 Å². The van der Waals surface area contributed by atoms with Crippen molar-refractivity contribution in [1.82, 2.24) is 29.5 Å². The predicted molar refractivity (Wildman–Crippen MR) is 196 cm³/mol. The number of amides is 4. The van der Waals surface area contributed by atoms with E-state index < -0.39 is 54.1 Å². The van der Waals surface area contributed by atoms with Crippen LogP contribution >= 0.6 is 46.4 Å². The van der Waals surface area contributed by atoms with E-state index in [-0.39, 0.29) is 34.6 Å². The van der Waals surface area contributed by atoms with Crippen molar-refractivity contribution in [1.29, 1.82) is 0 Å². The number of oxime groups is 1. The minimum Gasteiger partial charge on any atom is -0.445 e. The maximum absolute atomic E-state index is 13.7. The minimum atomic E-state index is -1.05. The topological polar surface area (TPSA) is 221 Å². The lowest BCUT2D eigenvalue weighted by Gasteiger charge is -2.49. The van der Waals surface area contributed by atoms with E-state index in [0.29, 0.717) is 47.3 Å². The number of thiazole rings is 1. The number of anilines is 1. The zero-order valence-electron chi connectivity index (χ0n) is 28.6. The number of β-lactam (4-membered cyclic amide) rings is 1. The summed E-state index contributed by atoms with van der Waals surface area (Å²) in [4.78, 5) is 93.1. The van der Waals surface area contributed by atoms with Gasteiger partial charge in [0.05, 0.1) is 0 Å². The summed E-state index contributed by atoms with van der Waals surface area (Å²) >= 11 is 4.92. The van der Waals surface area contributed by atoms with Gasteiger partial charge in [-0.3, -0.25) is 24.2 Å². The van der Waals surface area contributed by atoms with Gasteiger partial charge in [0.25, 0.3) is 11.8 Å². The average Bonchev–Trinajstić information content (AvgIpc) is 3.96. The number of aromatic nitrogens is 3. The van der Waals surface area contributed by atoms with Crippen LogP contribution in [0.1, 0.15) is 29.9 Å². The number of fused-ring (bicyclic) bond motifs is 1. The molecular formula is C32H32N8O10S4. The third-order valence-corrected chi connectivity index (χ3v) is 12.2. The molecule has 2 aromatic heterocycles. The Morgan fingerprint density at radius 2 is 1.94 bits per heavy atom. The Morgan fingerprint density at radius 3 is 2.69 bits per heavy atom. The van der Waals surface area contributed by atoms with Gasteiger partial charge in [-0.2, -0.15) is 4.37 Å². The summed E-state index contributed by atoms with van der Waals surface area (Å²) in [6, 6.07) is 7.15. The van der Waals surface area contributed by atoms with Crippen LogP contribution in [0.15, 0.2) is 56.5 Å². The fourth-order valence-electron chi connectivity index (χ4n) is 5.61. The summed E-state index contributed by atoms with van der Waals surface area (Å²) in [6.45, 7) is 1.32. The van der Waals surface area contributed by atoms with E-state index >= 15 is 0 Å². The highest BCUT2D eigenvalue weighted by atomic mass is 32.2. The molecule has 0 bridgehead atoms. The quantitative estimate of drug-likeness (QED) is 0.0428. The Balaban J connectivity index is 1.10. The van der Waals surface area contributed by atoms with Crippen LogP contribution < -0.4 is 10.6 Å². The fourth-order valence-corrected chi connectivity index (χ4v) is 9.40. The monoisotopic (exact) mass is 816 g/mol. The zero-order valence-corrected chi connectivity index (χ0v) is 31.9. The summed E-state index contributed by atoms with van der Waals surface area (Å²) in [6.07, 6.45) is 0.672. The number of esters is 2. The molecule has 0 aliphatic carbocycles. The highest BCUT2D eigenvalue weighted by Crippen LogP contribution is 2.42. The number of benzene rings is 1. The number of hydrogen-bond acceptors (Lipinski definition) is 18. The predicted octanol–water partition coefficient (Wildman–Crippen LogP) is 2.51. The number of likely N-dealkylation sites (tertiary alicyclic amines) is 1. The number of nitrogens with one attached hydrogen (secondary N) is 2. The Labute approximate surface area is 324 Å². The molecule has 284 valence electrons. The van der Waals surface area contributed by atoms with Crippen molar-refractivity contribution in [3.8, 4) is 0 Å². The van der Waals surface area contributed by atoms with Crippen LogP contribution in [0, 0.1) is 6.92 Å². The highest BCUT2D eigenvalue weighted by molar-refractivity contribution is 8.01. The van der Waals surface area contributed by atoms with E-state index in [4.69, 9.17) is 19.0 Å². The van der Waals surface area contributed by atoms with Crippen molar-refractivity contribution < 1.29 is 47.8 Å². The molecular weight excluding hydrogens is 785 g/mol. The van der Waals surface area contributed by atoms with E-state index in [1.165, 1.54) is 57.3 Å². The molecule has 18 nitrogen and oxygen atoms in total. The largest absolute Gasteiger partial charge is 0.445 e. The molecule has 5 heterocycles. The highest BCUT2D eigenvalue weighted by Gasteiger charge is 2.55. The lowest BCUT2D eigenvalue weighted by atomic mass is 10.0. The van der Waals surface area contributed by atoms with Gasteiger partial charge in [-0.1, -0.05) is 47.2 Å². The molecule has 3 aliphatic rings. The normalized spacial score (nSPS) is 19.4. The first-order valence-corrected chi connectivity index (χ1v) is 19.9. The number of aryl methyl sites for hydroxylation is 1. The molecule has 0 spiro atoms. The zero-order chi connectivity index (χ0) is 38.2. The van der Waals surface area contributed by atoms with Gasteiger partial charge in [-0.25, -0.2) is 24.4 Å². The van der Waals surface area contributed by atoms with Crippen LogP contribution in [0.25, 0.3) is 0 Å². The van der Waals surface area contributed by atoms with Crippen LogP contribution in [0.4, 0.5) is 9.93 Å². The molecule has 3 aromatic rings. The number of ether oxygens (including phenoxy) is 3. The molecule has 2 N–H and O–H groups in total. The van der Waals surface area contributed by atoms with Crippen LogP contribution in [0.5, 0.6) is 0 Å². The average molecular weight is 817 g/mol. The van der Waals surface area contributed by atoms with Crippen molar-refractivity contribution in [2.75, 3.05) is 37.3 Å². The lowest BCUT2D eigenvalue weighted by Crippen LogP contribution is -2.71. The maximum Gasteiger partial charge on any atom is 0.410 e. The minimum absolute atomic E-state index is 0.0394. The van der Waals surface area contributed by atoms with E-state index in [1.54, 1.807) is 6.92 Å². The van der Waals surface area contributed by atoms with Crippen LogP contribution in [0.3, 0.4) is 0 Å². The molecule has 4 amide bonds. The number of carbonyl (C=O) groups excluding carboxylic acids is 6. The second-order valence-corrected chi connectivity index (χ2v) is 15.5. The summed E-state index contributed by atoms with van der Waals surface area (Å²) in [7, 11) is 1.24. The molecule has 0 radical (unpaired) electrons. The summed E-state index contributed by atoms with van der Waals surface area (Å²) < 4.78 is 20.9. The molecule has 1 unspecified atom stereocenters. The Hall–Kier alpha value is -5.06. The molecule has 3 atom stereocenters. The Morgan fingerprint density at radius 1 is 1.13 bits per heavy atom. The molecule has 2 saturated heterocycles. The first-order valence-electron chi connectivity index (χ1n) is 16.2. The molecule has 2 fully saturated rings. The van der Waals surface area contributed by atoms with Gasteiger partial charge in [0.15, 0.2) is 15.2 Å². The van der Waals surface area contributed by atoms with Gasteiger partial charge in [0.1, 0.15) is 48.4 Å². The molecule has 22 heteroatoms. The summed E-state index contributed by atoms with van der Waals surface area (Å²) in [5, 5.41) is 9.83. The van der Waals surface area contributed by atoms with Crippen molar-refractivity contribution in [2.45, 2.75) is 48.2 Å². The van der Waals surface area contributed by atoms with Gasteiger partial charge in [-0.05, 0) is 42.4 Å². The smallest absolute Gasteiger partial charge is 0.410 e. The van der Waals surface area contributed by atoms with Crippen LogP contribution in [0.2, 0.25) is 0 Å². The Kier molecular flexibility index (Phi) is 12.8. The third kappa shape index (κ3) is 8.83. The third-order valence-electron chi connectivity index (χ3n) is 8.09. The molecule has 1 aromatic carbocycles. The summed E-state index contributed by atoms with van der Waals surface area (Å²) in [5.41, 5.74) is 1.19. The molecule has 3 aliphatic heterocycles. The van der Waals surface area contributed by atoms with Gasteiger partial charge in [-0.15, -0.1) is 23.1 Å². The van der Waals surface area contributed by atoms with E-state index in [2.05, 4.69) is 30.1 Å². The van der Waals surface area contributed by atoms with E-state index in [9.17, 15) is 28.8 Å². The fraction of sp³-hybridized carbons (Fsp3) is 0.375. The second kappa shape index (κ2) is 17.8. The van der Waals surface area contributed by atoms with Crippen molar-refractivity contribution >= 4 is 93.5 Å². The van der Waals surface area contributed by atoms with Crippen molar-refractivity contribution in [3.63, 3.8) is 0 Å². The first-order chi connectivity index (χ1) is 26.2.